The Morgan fingerprint density at radius 3 is 2.53 bits per heavy atom. The predicted octanol–water partition coefficient (Wildman–Crippen LogP) is 2.06. The van der Waals surface area contributed by atoms with Gasteiger partial charge in [-0.1, -0.05) is 12.1 Å². The molecule has 1 heterocycles. The van der Waals surface area contributed by atoms with E-state index in [0.717, 1.165) is 12.5 Å². The Morgan fingerprint density at radius 1 is 1.16 bits per heavy atom. The molecule has 0 bridgehead atoms. The van der Waals surface area contributed by atoms with Crippen LogP contribution in [0.25, 0.3) is 11.1 Å². The fourth-order valence-corrected chi connectivity index (χ4v) is 2.26. The highest BCUT2D eigenvalue weighted by Gasteiger charge is 2.11. The van der Waals surface area contributed by atoms with Gasteiger partial charge in [-0.25, -0.2) is 8.42 Å². The number of nitro groups is 1. The van der Waals surface area contributed by atoms with Crippen molar-refractivity contribution in [2.24, 2.45) is 0 Å². The maximum absolute atomic E-state index is 11.5. The van der Waals surface area contributed by atoms with E-state index in [4.69, 9.17) is 0 Å². The molecule has 0 saturated heterocycles. The molecular weight excluding hydrogens is 268 g/mol. The summed E-state index contributed by atoms with van der Waals surface area (Å²) in [7, 11) is -3.31. The Morgan fingerprint density at radius 2 is 1.89 bits per heavy atom. The Bertz CT molecular complexity index is 741. The van der Waals surface area contributed by atoms with Gasteiger partial charge in [-0.3, -0.25) is 15.1 Å². The highest BCUT2D eigenvalue weighted by atomic mass is 32.2. The number of hydrogen-bond acceptors (Lipinski definition) is 5. The second-order valence-electron chi connectivity index (χ2n) is 3.99. The average Bonchev–Trinajstić information content (AvgIpc) is 2.38. The summed E-state index contributed by atoms with van der Waals surface area (Å²) in [5.74, 6) is 0. The van der Waals surface area contributed by atoms with Crippen LogP contribution in [-0.2, 0) is 9.84 Å². The molecule has 19 heavy (non-hydrogen) atoms. The van der Waals surface area contributed by atoms with E-state index in [1.807, 2.05) is 0 Å². The highest BCUT2D eigenvalue weighted by molar-refractivity contribution is 7.90. The van der Waals surface area contributed by atoms with Crippen LogP contribution in [0.1, 0.15) is 0 Å². The lowest BCUT2D eigenvalue weighted by atomic mass is 10.1. The van der Waals surface area contributed by atoms with Gasteiger partial charge in [-0.15, -0.1) is 0 Å². The van der Waals surface area contributed by atoms with Crippen molar-refractivity contribution in [1.29, 1.82) is 0 Å². The van der Waals surface area contributed by atoms with Crippen LogP contribution in [0.3, 0.4) is 0 Å². The first-order valence-electron chi connectivity index (χ1n) is 5.28. The van der Waals surface area contributed by atoms with Crippen molar-refractivity contribution in [3.63, 3.8) is 0 Å². The van der Waals surface area contributed by atoms with Crippen LogP contribution < -0.4 is 0 Å². The van der Waals surface area contributed by atoms with E-state index in [1.54, 1.807) is 12.1 Å². The van der Waals surface area contributed by atoms with Crippen LogP contribution in [0, 0.1) is 10.1 Å². The maximum Gasteiger partial charge on any atom is 0.288 e. The van der Waals surface area contributed by atoms with Crippen LogP contribution in [-0.4, -0.2) is 24.6 Å². The molecule has 0 aliphatic carbocycles. The Balaban J connectivity index is 2.54. The van der Waals surface area contributed by atoms with Crippen LogP contribution in [0.15, 0.2) is 47.6 Å². The summed E-state index contributed by atoms with van der Waals surface area (Å²) in [4.78, 5) is 14.1. The van der Waals surface area contributed by atoms with E-state index in [2.05, 4.69) is 4.98 Å². The maximum atomic E-state index is 11.5. The molecule has 98 valence electrons. The zero-order valence-electron chi connectivity index (χ0n) is 9.98. The molecule has 0 atom stereocenters. The minimum absolute atomic E-state index is 0.137. The first-order chi connectivity index (χ1) is 8.88. The minimum atomic E-state index is -3.31. The molecule has 6 nitrogen and oxygen atoms in total. The van der Waals surface area contributed by atoms with Crippen molar-refractivity contribution in [3.05, 3.63) is 52.8 Å². The number of nitrogens with zero attached hydrogens (tertiary/aromatic N) is 2. The fourth-order valence-electron chi connectivity index (χ4n) is 1.59. The van der Waals surface area contributed by atoms with E-state index in [0.29, 0.717) is 11.1 Å². The van der Waals surface area contributed by atoms with Gasteiger partial charge < -0.3 is 0 Å². The molecule has 0 radical (unpaired) electrons. The largest absolute Gasteiger partial charge is 0.288 e. The Hall–Kier alpha value is -2.28. The summed E-state index contributed by atoms with van der Waals surface area (Å²) in [5.41, 5.74) is 0.932. The third-order valence-electron chi connectivity index (χ3n) is 2.53. The lowest BCUT2D eigenvalue weighted by molar-refractivity contribution is -0.385. The standard InChI is InChI=1S/C12H10N2O4S/c1-19(17,18)12-4-2-3-9(6-12)10-5-11(14(15)16)8-13-7-10/h2-8H,1H3. The zero-order chi connectivity index (χ0) is 14.0. The van der Waals surface area contributed by atoms with Gasteiger partial charge in [0.15, 0.2) is 9.84 Å². The molecule has 0 fully saturated rings. The molecule has 7 heteroatoms. The summed E-state index contributed by atoms with van der Waals surface area (Å²) in [6.07, 6.45) is 3.70. The third kappa shape index (κ3) is 2.94. The normalized spacial score (nSPS) is 11.2. The van der Waals surface area contributed by atoms with Gasteiger partial charge in [0.25, 0.3) is 5.69 Å². The summed E-state index contributed by atoms with van der Waals surface area (Å²) in [6.45, 7) is 0. The van der Waals surface area contributed by atoms with Gasteiger partial charge in [0.2, 0.25) is 0 Å². The summed E-state index contributed by atoms with van der Waals surface area (Å²) in [6, 6.07) is 7.56. The minimum Gasteiger partial charge on any atom is -0.258 e. The van der Waals surface area contributed by atoms with E-state index < -0.39 is 14.8 Å². The topological polar surface area (TPSA) is 90.2 Å². The quantitative estimate of drug-likeness (QED) is 0.633. The Labute approximate surface area is 109 Å². The number of sulfone groups is 1. The first kappa shape index (κ1) is 13.2. The number of pyridine rings is 1. The molecule has 0 saturated carbocycles. The van der Waals surface area contributed by atoms with Gasteiger partial charge in [-0.2, -0.15) is 0 Å². The summed E-state index contributed by atoms with van der Waals surface area (Å²) in [5, 5.41) is 10.7. The van der Waals surface area contributed by atoms with Crippen LogP contribution in [0.4, 0.5) is 5.69 Å². The predicted molar refractivity (Wildman–Crippen MR) is 69.4 cm³/mol. The van der Waals surface area contributed by atoms with Gasteiger partial charge in [0.1, 0.15) is 6.20 Å². The smallest absolute Gasteiger partial charge is 0.258 e. The Kier molecular flexibility index (Phi) is 3.30. The molecule has 0 spiro atoms. The highest BCUT2D eigenvalue weighted by Crippen LogP contribution is 2.24. The van der Waals surface area contributed by atoms with Gasteiger partial charge in [0.05, 0.1) is 9.82 Å². The lowest BCUT2D eigenvalue weighted by Gasteiger charge is -2.03. The summed E-state index contributed by atoms with van der Waals surface area (Å²) >= 11 is 0. The van der Waals surface area contributed by atoms with Gasteiger partial charge >= 0.3 is 0 Å². The number of rotatable bonds is 3. The van der Waals surface area contributed by atoms with Crippen molar-refractivity contribution < 1.29 is 13.3 Å². The van der Waals surface area contributed by atoms with E-state index in [9.17, 15) is 18.5 Å². The molecule has 1 aromatic heterocycles. The molecule has 0 aliphatic rings. The molecule has 1 aromatic carbocycles. The second kappa shape index (κ2) is 4.77. The molecule has 0 unspecified atom stereocenters. The summed E-state index contributed by atoms with van der Waals surface area (Å²) < 4.78 is 22.9. The van der Waals surface area contributed by atoms with Gasteiger partial charge in [-0.05, 0) is 17.7 Å². The van der Waals surface area contributed by atoms with Gasteiger partial charge in [0, 0.05) is 24.1 Å². The van der Waals surface area contributed by atoms with Crippen molar-refractivity contribution in [1.82, 2.24) is 4.98 Å². The lowest BCUT2D eigenvalue weighted by Crippen LogP contribution is -1.97. The average molecular weight is 278 g/mol. The molecule has 0 amide bonds. The van der Waals surface area contributed by atoms with Crippen molar-refractivity contribution in [2.75, 3.05) is 6.26 Å². The molecular formula is C12H10N2O4S. The third-order valence-corrected chi connectivity index (χ3v) is 3.64. The van der Waals surface area contributed by atoms with Crippen LogP contribution in [0.2, 0.25) is 0 Å². The first-order valence-corrected chi connectivity index (χ1v) is 7.17. The number of benzene rings is 1. The second-order valence-corrected chi connectivity index (χ2v) is 6.00. The zero-order valence-corrected chi connectivity index (χ0v) is 10.8. The SMILES string of the molecule is CS(=O)(=O)c1cccc(-c2cncc([N+](=O)[O-])c2)c1. The van der Waals surface area contributed by atoms with Crippen molar-refractivity contribution in [2.45, 2.75) is 4.90 Å². The fraction of sp³-hybridized carbons (Fsp3) is 0.0833. The van der Waals surface area contributed by atoms with E-state index >= 15 is 0 Å². The van der Waals surface area contributed by atoms with Crippen molar-refractivity contribution in [3.8, 4) is 11.1 Å². The molecule has 2 rings (SSSR count). The molecule has 2 aromatic rings. The van der Waals surface area contributed by atoms with E-state index in [1.165, 1.54) is 24.4 Å². The molecule has 0 aliphatic heterocycles. The molecule has 0 N–H and O–H groups in total. The van der Waals surface area contributed by atoms with Crippen molar-refractivity contribution >= 4 is 15.5 Å². The monoisotopic (exact) mass is 278 g/mol. The number of aromatic nitrogens is 1. The van der Waals surface area contributed by atoms with E-state index in [-0.39, 0.29) is 10.6 Å². The van der Waals surface area contributed by atoms with Crippen LogP contribution in [0.5, 0.6) is 0 Å². The van der Waals surface area contributed by atoms with Crippen LogP contribution >= 0.6 is 0 Å². The number of hydrogen-bond donors (Lipinski definition) is 0.